The second-order valence-corrected chi connectivity index (χ2v) is 8.72. The van der Waals surface area contributed by atoms with E-state index in [2.05, 4.69) is 20.6 Å². The van der Waals surface area contributed by atoms with E-state index >= 15 is 0 Å². The van der Waals surface area contributed by atoms with Crippen molar-refractivity contribution in [1.29, 1.82) is 0 Å². The lowest BCUT2D eigenvalue weighted by Gasteiger charge is -2.32. The van der Waals surface area contributed by atoms with Gasteiger partial charge in [-0.1, -0.05) is 18.2 Å². The third-order valence-electron chi connectivity index (χ3n) is 4.97. The van der Waals surface area contributed by atoms with Gasteiger partial charge in [0, 0.05) is 37.8 Å². The number of piperidine rings is 1. The number of nitrogens with zero attached hydrogens (tertiary/aromatic N) is 3. The van der Waals surface area contributed by atoms with Gasteiger partial charge in [-0.25, -0.2) is 18.4 Å². The number of aryl methyl sites for hydroxylation is 1. The molecule has 0 amide bonds. The van der Waals surface area contributed by atoms with Crippen LogP contribution in [0.2, 0.25) is 0 Å². The van der Waals surface area contributed by atoms with Gasteiger partial charge in [0.1, 0.15) is 11.6 Å². The van der Waals surface area contributed by atoms with E-state index in [0.29, 0.717) is 18.0 Å². The average molecular weight is 373 g/mol. The van der Waals surface area contributed by atoms with E-state index in [-0.39, 0.29) is 6.04 Å². The molecule has 3 heterocycles. The fourth-order valence-electron chi connectivity index (χ4n) is 3.59. The van der Waals surface area contributed by atoms with Gasteiger partial charge in [-0.15, -0.1) is 0 Å². The predicted molar refractivity (Wildman–Crippen MR) is 99.2 cm³/mol. The second kappa shape index (κ2) is 6.94. The van der Waals surface area contributed by atoms with Crippen LogP contribution in [-0.2, 0) is 23.1 Å². The van der Waals surface area contributed by atoms with E-state index in [4.69, 9.17) is 0 Å². The molecule has 2 aliphatic rings. The molecule has 138 valence electrons. The summed E-state index contributed by atoms with van der Waals surface area (Å²) in [6.07, 6.45) is 1.52. The fourth-order valence-corrected chi connectivity index (χ4v) is 5.08. The first-order valence-electron chi connectivity index (χ1n) is 8.93. The molecule has 4 rings (SSSR count). The van der Waals surface area contributed by atoms with Crippen LogP contribution in [0.15, 0.2) is 35.2 Å². The molecule has 2 aromatic rings. The molecular weight excluding hydrogens is 350 g/mol. The van der Waals surface area contributed by atoms with Crippen LogP contribution in [0.3, 0.4) is 0 Å². The summed E-state index contributed by atoms with van der Waals surface area (Å²) >= 11 is 0. The highest BCUT2D eigenvalue weighted by Gasteiger charge is 2.30. The molecule has 0 radical (unpaired) electrons. The van der Waals surface area contributed by atoms with Crippen LogP contribution in [-0.4, -0.2) is 41.8 Å². The first-order chi connectivity index (χ1) is 12.5. The first kappa shape index (κ1) is 17.4. The van der Waals surface area contributed by atoms with E-state index in [9.17, 15) is 8.42 Å². The standard InChI is InChI=1S/C18H23N5O2S/c1-13-20-17-12-19-11-16(17)18(21-13)22-14-7-9-23(10-8-14)26(24,25)15-5-3-2-4-6-15/h2-6,14,19H,7-12H2,1H3,(H,20,21,22). The smallest absolute Gasteiger partial charge is 0.243 e. The highest BCUT2D eigenvalue weighted by atomic mass is 32.2. The van der Waals surface area contributed by atoms with Gasteiger partial charge in [0.05, 0.1) is 10.6 Å². The highest BCUT2D eigenvalue weighted by molar-refractivity contribution is 7.89. The maximum Gasteiger partial charge on any atom is 0.243 e. The molecule has 2 aliphatic heterocycles. The Morgan fingerprint density at radius 2 is 1.85 bits per heavy atom. The van der Waals surface area contributed by atoms with Crippen molar-refractivity contribution in [3.05, 3.63) is 47.4 Å². The number of sulfonamides is 1. The molecule has 2 N–H and O–H groups in total. The lowest BCUT2D eigenvalue weighted by atomic mass is 10.1. The van der Waals surface area contributed by atoms with Crippen molar-refractivity contribution < 1.29 is 8.42 Å². The van der Waals surface area contributed by atoms with Crippen molar-refractivity contribution in [1.82, 2.24) is 19.6 Å². The third kappa shape index (κ3) is 3.32. The van der Waals surface area contributed by atoms with Crippen LogP contribution in [0.4, 0.5) is 5.82 Å². The summed E-state index contributed by atoms with van der Waals surface area (Å²) in [7, 11) is -3.40. The lowest BCUT2D eigenvalue weighted by molar-refractivity contribution is 0.329. The summed E-state index contributed by atoms with van der Waals surface area (Å²) in [6, 6.07) is 8.86. The molecule has 8 heteroatoms. The van der Waals surface area contributed by atoms with Gasteiger partial charge >= 0.3 is 0 Å². The maximum atomic E-state index is 12.7. The Labute approximate surface area is 153 Å². The molecule has 26 heavy (non-hydrogen) atoms. The summed E-state index contributed by atoms with van der Waals surface area (Å²) in [5.74, 6) is 1.65. The number of aromatic nitrogens is 2. The Balaban J connectivity index is 1.44. The van der Waals surface area contributed by atoms with Gasteiger partial charge in [0.15, 0.2) is 0 Å². The summed E-state index contributed by atoms with van der Waals surface area (Å²) in [6.45, 7) is 4.48. The van der Waals surface area contributed by atoms with Crippen LogP contribution < -0.4 is 10.6 Å². The quantitative estimate of drug-likeness (QED) is 0.847. The number of hydrogen-bond acceptors (Lipinski definition) is 6. The second-order valence-electron chi connectivity index (χ2n) is 6.78. The Kier molecular flexibility index (Phi) is 4.64. The SMILES string of the molecule is Cc1nc2c(c(NC3CCN(S(=O)(=O)c4ccccc4)CC3)n1)CNC2. The highest BCUT2D eigenvalue weighted by Crippen LogP contribution is 2.25. The summed E-state index contributed by atoms with van der Waals surface area (Å²) in [4.78, 5) is 9.41. The number of benzene rings is 1. The Hall–Kier alpha value is -2.03. The molecule has 0 spiro atoms. The van der Waals surface area contributed by atoms with Crippen molar-refractivity contribution in [2.45, 2.75) is 43.8 Å². The molecule has 0 unspecified atom stereocenters. The van der Waals surface area contributed by atoms with Crippen LogP contribution >= 0.6 is 0 Å². The van der Waals surface area contributed by atoms with Crippen molar-refractivity contribution in [3.63, 3.8) is 0 Å². The van der Waals surface area contributed by atoms with Gasteiger partial charge in [0.25, 0.3) is 0 Å². The third-order valence-corrected chi connectivity index (χ3v) is 6.89. The van der Waals surface area contributed by atoms with E-state index in [1.54, 1.807) is 28.6 Å². The van der Waals surface area contributed by atoms with Crippen LogP contribution in [0.25, 0.3) is 0 Å². The van der Waals surface area contributed by atoms with Crippen molar-refractivity contribution in [2.75, 3.05) is 18.4 Å². The van der Waals surface area contributed by atoms with Crippen LogP contribution in [0, 0.1) is 6.92 Å². The summed E-state index contributed by atoms with van der Waals surface area (Å²) < 4.78 is 27.0. The zero-order valence-corrected chi connectivity index (χ0v) is 15.6. The Bertz CT molecular complexity index is 893. The fraction of sp³-hybridized carbons (Fsp3) is 0.444. The van der Waals surface area contributed by atoms with Gasteiger partial charge in [-0.3, -0.25) is 0 Å². The van der Waals surface area contributed by atoms with E-state index < -0.39 is 10.0 Å². The van der Waals surface area contributed by atoms with Crippen LogP contribution in [0.5, 0.6) is 0 Å². The minimum Gasteiger partial charge on any atom is -0.367 e. The molecule has 0 saturated carbocycles. The molecule has 0 atom stereocenters. The zero-order chi connectivity index (χ0) is 18.1. The summed E-state index contributed by atoms with van der Waals surface area (Å²) in [5, 5.41) is 6.83. The molecule has 1 saturated heterocycles. The Morgan fingerprint density at radius 1 is 1.12 bits per heavy atom. The zero-order valence-electron chi connectivity index (χ0n) is 14.8. The van der Waals surface area contributed by atoms with Gasteiger partial charge < -0.3 is 10.6 Å². The van der Waals surface area contributed by atoms with Crippen molar-refractivity contribution >= 4 is 15.8 Å². The van der Waals surface area contributed by atoms with Gasteiger partial charge in [-0.05, 0) is 31.9 Å². The minimum atomic E-state index is -3.40. The maximum absolute atomic E-state index is 12.7. The molecule has 1 aromatic heterocycles. The number of hydrogen-bond donors (Lipinski definition) is 2. The molecular formula is C18H23N5O2S. The van der Waals surface area contributed by atoms with E-state index in [0.717, 1.165) is 48.8 Å². The molecule has 7 nitrogen and oxygen atoms in total. The van der Waals surface area contributed by atoms with Gasteiger partial charge in [0.2, 0.25) is 10.0 Å². The van der Waals surface area contributed by atoms with E-state index in [1.165, 1.54) is 0 Å². The molecule has 1 aromatic carbocycles. The minimum absolute atomic E-state index is 0.219. The normalized spacial score (nSPS) is 18.7. The molecule has 1 fully saturated rings. The van der Waals surface area contributed by atoms with Crippen LogP contribution in [0.1, 0.15) is 29.9 Å². The number of rotatable bonds is 4. The van der Waals surface area contributed by atoms with Crippen molar-refractivity contribution in [2.24, 2.45) is 0 Å². The predicted octanol–water partition coefficient (Wildman–Crippen LogP) is 1.65. The van der Waals surface area contributed by atoms with Gasteiger partial charge in [-0.2, -0.15) is 4.31 Å². The number of fused-ring (bicyclic) bond motifs is 1. The van der Waals surface area contributed by atoms with E-state index in [1.807, 2.05) is 13.0 Å². The lowest BCUT2D eigenvalue weighted by Crippen LogP contribution is -2.42. The molecule has 0 bridgehead atoms. The number of anilines is 1. The van der Waals surface area contributed by atoms with Crippen molar-refractivity contribution in [3.8, 4) is 0 Å². The first-order valence-corrected chi connectivity index (χ1v) is 10.4. The Morgan fingerprint density at radius 3 is 2.58 bits per heavy atom. The monoisotopic (exact) mass is 373 g/mol. The average Bonchev–Trinajstić information content (AvgIpc) is 3.11. The molecule has 0 aliphatic carbocycles. The summed E-state index contributed by atoms with van der Waals surface area (Å²) in [5.41, 5.74) is 2.19. The topological polar surface area (TPSA) is 87.2 Å². The number of nitrogens with one attached hydrogen (secondary N) is 2. The largest absolute Gasteiger partial charge is 0.367 e.